The van der Waals surface area contributed by atoms with Gasteiger partial charge in [-0.25, -0.2) is 4.79 Å². The zero-order valence-corrected chi connectivity index (χ0v) is 17.7. The Bertz CT molecular complexity index is 1390. The van der Waals surface area contributed by atoms with Crippen molar-refractivity contribution in [2.45, 2.75) is 25.5 Å². The van der Waals surface area contributed by atoms with Crippen LogP contribution in [0.3, 0.4) is 0 Å². The molecule has 160 valence electrons. The number of fused-ring (bicyclic) bond motifs is 2. The SMILES string of the molecule is Cn1c(=O)c2c(nc(NCC3CCCO3)n2Cc2cccc3ccccc23)n(C)c1=O. The van der Waals surface area contributed by atoms with Gasteiger partial charge in [-0.2, -0.15) is 4.98 Å². The smallest absolute Gasteiger partial charge is 0.332 e. The monoisotopic (exact) mass is 419 g/mol. The predicted molar refractivity (Wildman–Crippen MR) is 121 cm³/mol. The van der Waals surface area contributed by atoms with Crippen molar-refractivity contribution in [1.82, 2.24) is 18.7 Å². The van der Waals surface area contributed by atoms with E-state index in [2.05, 4.69) is 34.6 Å². The third-order valence-corrected chi connectivity index (χ3v) is 6.07. The minimum Gasteiger partial charge on any atom is -0.376 e. The van der Waals surface area contributed by atoms with Gasteiger partial charge >= 0.3 is 5.69 Å². The number of hydrogen-bond donors (Lipinski definition) is 1. The molecule has 0 spiro atoms. The van der Waals surface area contributed by atoms with E-state index in [1.54, 1.807) is 7.05 Å². The summed E-state index contributed by atoms with van der Waals surface area (Å²) in [6.07, 6.45) is 2.17. The number of nitrogens with one attached hydrogen (secondary N) is 1. The van der Waals surface area contributed by atoms with E-state index in [0.29, 0.717) is 30.2 Å². The molecular weight excluding hydrogens is 394 g/mol. The molecule has 1 saturated heterocycles. The molecule has 0 amide bonds. The second kappa shape index (κ2) is 7.70. The Labute approximate surface area is 178 Å². The summed E-state index contributed by atoms with van der Waals surface area (Å²) in [5, 5.41) is 5.63. The summed E-state index contributed by atoms with van der Waals surface area (Å²) in [4.78, 5) is 30.2. The molecule has 4 aromatic rings. The first-order valence-corrected chi connectivity index (χ1v) is 10.5. The normalized spacial score (nSPS) is 16.4. The highest BCUT2D eigenvalue weighted by atomic mass is 16.5. The molecule has 0 aliphatic carbocycles. The predicted octanol–water partition coefficient (Wildman–Crippen LogP) is 2.23. The van der Waals surface area contributed by atoms with E-state index in [4.69, 9.17) is 4.74 Å². The van der Waals surface area contributed by atoms with Gasteiger partial charge < -0.3 is 10.1 Å². The Balaban J connectivity index is 1.67. The van der Waals surface area contributed by atoms with Crippen LogP contribution in [0.1, 0.15) is 18.4 Å². The molecule has 31 heavy (non-hydrogen) atoms. The molecule has 1 aliphatic rings. The van der Waals surface area contributed by atoms with Crippen LogP contribution in [0.5, 0.6) is 0 Å². The number of rotatable bonds is 5. The number of aromatic nitrogens is 4. The van der Waals surface area contributed by atoms with Gasteiger partial charge in [-0.05, 0) is 29.2 Å². The highest BCUT2D eigenvalue weighted by Gasteiger charge is 2.21. The zero-order valence-electron chi connectivity index (χ0n) is 17.7. The van der Waals surface area contributed by atoms with Crippen molar-refractivity contribution in [3.05, 3.63) is 68.9 Å². The number of hydrogen-bond acceptors (Lipinski definition) is 5. The molecule has 0 bridgehead atoms. The van der Waals surface area contributed by atoms with E-state index in [1.165, 1.54) is 11.6 Å². The van der Waals surface area contributed by atoms with Crippen LogP contribution in [0.25, 0.3) is 21.9 Å². The minimum atomic E-state index is -0.391. The highest BCUT2D eigenvalue weighted by molar-refractivity contribution is 5.86. The van der Waals surface area contributed by atoms with Gasteiger partial charge in [-0.3, -0.25) is 18.5 Å². The first kappa shape index (κ1) is 19.6. The van der Waals surface area contributed by atoms with Crippen molar-refractivity contribution in [3.8, 4) is 0 Å². The Morgan fingerprint density at radius 3 is 2.71 bits per heavy atom. The highest BCUT2D eigenvalue weighted by Crippen LogP contribution is 2.24. The van der Waals surface area contributed by atoms with Gasteiger partial charge in [0.1, 0.15) is 0 Å². The third-order valence-electron chi connectivity index (χ3n) is 6.07. The van der Waals surface area contributed by atoms with Crippen LogP contribution in [0.15, 0.2) is 52.1 Å². The van der Waals surface area contributed by atoms with Gasteiger partial charge in [0.05, 0.1) is 12.6 Å². The van der Waals surface area contributed by atoms with Crippen LogP contribution in [-0.2, 0) is 25.4 Å². The van der Waals surface area contributed by atoms with Crippen molar-refractivity contribution in [2.75, 3.05) is 18.5 Å². The van der Waals surface area contributed by atoms with Gasteiger partial charge in [0.25, 0.3) is 5.56 Å². The molecule has 2 aromatic heterocycles. The fraction of sp³-hybridized carbons (Fsp3) is 0.348. The maximum absolute atomic E-state index is 13.1. The molecule has 0 radical (unpaired) electrons. The summed E-state index contributed by atoms with van der Waals surface area (Å²) in [6, 6.07) is 14.3. The van der Waals surface area contributed by atoms with Crippen LogP contribution in [0, 0.1) is 0 Å². The van der Waals surface area contributed by atoms with Crippen molar-refractivity contribution in [2.24, 2.45) is 14.1 Å². The molecule has 1 aliphatic heterocycles. The molecule has 1 fully saturated rings. The Morgan fingerprint density at radius 2 is 1.90 bits per heavy atom. The lowest BCUT2D eigenvalue weighted by molar-refractivity contribution is 0.120. The van der Waals surface area contributed by atoms with Gasteiger partial charge in [-0.1, -0.05) is 42.5 Å². The first-order valence-electron chi connectivity index (χ1n) is 10.5. The van der Waals surface area contributed by atoms with E-state index in [0.717, 1.165) is 40.4 Å². The second-order valence-electron chi connectivity index (χ2n) is 8.05. The van der Waals surface area contributed by atoms with E-state index in [9.17, 15) is 9.59 Å². The summed E-state index contributed by atoms with van der Waals surface area (Å²) in [5.41, 5.74) is 1.12. The number of anilines is 1. The average Bonchev–Trinajstić information content (AvgIpc) is 3.43. The Kier molecular flexibility index (Phi) is 4.86. The van der Waals surface area contributed by atoms with Crippen molar-refractivity contribution in [1.29, 1.82) is 0 Å². The fourth-order valence-electron chi connectivity index (χ4n) is 4.35. The van der Waals surface area contributed by atoms with Crippen LogP contribution in [-0.4, -0.2) is 37.9 Å². The summed E-state index contributed by atoms with van der Waals surface area (Å²) in [7, 11) is 3.14. The van der Waals surface area contributed by atoms with E-state index in [1.807, 2.05) is 22.8 Å². The van der Waals surface area contributed by atoms with Gasteiger partial charge in [0, 0.05) is 27.2 Å². The van der Waals surface area contributed by atoms with Gasteiger partial charge in [0.15, 0.2) is 11.2 Å². The van der Waals surface area contributed by atoms with Crippen LogP contribution in [0.4, 0.5) is 5.95 Å². The number of benzene rings is 2. The molecule has 1 N–H and O–H groups in total. The summed E-state index contributed by atoms with van der Waals surface area (Å²) >= 11 is 0. The summed E-state index contributed by atoms with van der Waals surface area (Å²) in [6.45, 7) is 1.83. The van der Waals surface area contributed by atoms with Crippen LogP contribution < -0.4 is 16.6 Å². The number of ether oxygens (including phenoxy) is 1. The van der Waals surface area contributed by atoms with Gasteiger partial charge in [0.2, 0.25) is 5.95 Å². The van der Waals surface area contributed by atoms with E-state index < -0.39 is 5.69 Å². The molecular formula is C23H25N5O3. The Hall–Kier alpha value is -3.39. The molecule has 3 heterocycles. The summed E-state index contributed by atoms with van der Waals surface area (Å²) in [5.74, 6) is 0.566. The molecule has 2 aromatic carbocycles. The first-order chi connectivity index (χ1) is 15.0. The van der Waals surface area contributed by atoms with Crippen LogP contribution in [0.2, 0.25) is 0 Å². The van der Waals surface area contributed by atoms with E-state index >= 15 is 0 Å². The van der Waals surface area contributed by atoms with Crippen LogP contribution >= 0.6 is 0 Å². The largest absolute Gasteiger partial charge is 0.376 e. The number of imidazole rings is 1. The molecule has 8 heteroatoms. The third kappa shape index (κ3) is 3.33. The molecule has 0 saturated carbocycles. The maximum Gasteiger partial charge on any atom is 0.332 e. The second-order valence-corrected chi connectivity index (χ2v) is 8.05. The standard InChI is InChI=1S/C23H25N5O3/c1-26-20-19(21(29)27(2)23(26)30)28(22(25-20)24-13-17-10-6-12-31-17)14-16-9-5-8-15-7-3-4-11-18(15)16/h3-5,7-9,11,17H,6,10,12-14H2,1-2H3,(H,24,25). The average molecular weight is 419 g/mol. The lowest BCUT2D eigenvalue weighted by Gasteiger charge is -2.15. The Morgan fingerprint density at radius 1 is 1.10 bits per heavy atom. The maximum atomic E-state index is 13.1. The molecule has 5 rings (SSSR count). The molecule has 1 unspecified atom stereocenters. The lowest BCUT2D eigenvalue weighted by Crippen LogP contribution is -2.37. The zero-order chi connectivity index (χ0) is 21.5. The van der Waals surface area contributed by atoms with Gasteiger partial charge in [-0.15, -0.1) is 0 Å². The number of nitrogens with zero attached hydrogens (tertiary/aromatic N) is 4. The van der Waals surface area contributed by atoms with E-state index in [-0.39, 0.29) is 11.7 Å². The summed E-state index contributed by atoms with van der Waals surface area (Å²) < 4.78 is 10.2. The van der Waals surface area contributed by atoms with Crippen molar-refractivity contribution < 1.29 is 4.74 Å². The fourth-order valence-corrected chi connectivity index (χ4v) is 4.35. The molecule has 1 atom stereocenters. The minimum absolute atomic E-state index is 0.123. The topological polar surface area (TPSA) is 83.1 Å². The molecule has 8 nitrogen and oxygen atoms in total. The van der Waals surface area contributed by atoms with Crippen molar-refractivity contribution in [3.63, 3.8) is 0 Å². The van der Waals surface area contributed by atoms with Crippen molar-refractivity contribution >= 4 is 27.9 Å². The quantitative estimate of drug-likeness (QED) is 0.536. The number of aryl methyl sites for hydroxylation is 1. The lowest BCUT2D eigenvalue weighted by atomic mass is 10.0.